The van der Waals surface area contributed by atoms with Crippen molar-refractivity contribution in [1.29, 1.82) is 5.26 Å². The van der Waals surface area contributed by atoms with E-state index in [2.05, 4.69) is 5.32 Å². The minimum atomic E-state index is -1.83. The summed E-state index contributed by atoms with van der Waals surface area (Å²) in [6, 6.07) is 13.1. The number of aliphatic hydroxyl groups is 2. The fourth-order valence-electron chi connectivity index (χ4n) is 6.42. The molecule has 0 radical (unpaired) electrons. The van der Waals surface area contributed by atoms with Gasteiger partial charge in [0.25, 0.3) is 0 Å². The van der Waals surface area contributed by atoms with Crippen LogP contribution in [0.1, 0.15) is 69.1 Å². The molecule has 0 bridgehead atoms. The highest BCUT2D eigenvalue weighted by Crippen LogP contribution is 2.55. The molecule has 0 spiro atoms. The van der Waals surface area contributed by atoms with Gasteiger partial charge in [-0.05, 0) is 51.2 Å². The number of aliphatic hydroxyl groups excluding tert-OH is 1. The molecule has 5 rings (SSSR count). The Morgan fingerprint density at radius 3 is 2.60 bits per heavy atom. The molecule has 0 amide bonds. The lowest BCUT2D eigenvalue weighted by Crippen LogP contribution is -2.49. The third-order valence-electron chi connectivity index (χ3n) is 8.85. The molecule has 5 atom stereocenters. The monoisotopic (exact) mass is 598 g/mol. The molecule has 2 aromatic carbocycles. The largest absolute Gasteiger partial charge is 0.480 e. The van der Waals surface area contributed by atoms with E-state index < -0.39 is 41.3 Å². The standard InChI is InChI=1S/C33H37ClF2N2O4/c1-19(39)17-41-25-10-9-21(16-37)28(31(25)36)29-27-20(2)33(22-7-5-4-6-8-22,42-26(27)15-24(35)30(29)34)18-38-23-11-13-32(3,40)14-12-23/h4-10,15,19-20,23,25,31,38-40H,11-14,17-18H2,1-3H3/t19-,20-,23?,25-,31?,32?,33-/m0/s1. The Labute approximate surface area is 250 Å². The molecular formula is C33H37ClF2N2O4. The van der Waals surface area contributed by atoms with Crippen molar-refractivity contribution in [2.24, 2.45) is 0 Å². The normalized spacial score (nSPS) is 31.4. The van der Waals surface area contributed by atoms with Gasteiger partial charge in [-0.25, -0.2) is 8.78 Å². The molecule has 2 aliphatic carbocycles. The molecule has 0 aromatic heterocycles. The Kier molecular flexibility index (Phi) is 8.80. The number of nitrogens with one attached hydrogen (secondary N) is 1. The summed E-state index contributed by atoms with van der Waals surface area (Å²) < 4.78 is 44.0. The van der Waals surface area contributed by atoms with E-state index in [1.807, 2.05) is 50.2 Å². The maximum absolute atomic E-state index is 16.2. The lowest BCUT2D eigenvalue weighted by atomic mass is 9.76. The zero-order valence-corrected chi connectivity index (χ0v) is 24.8. The fraction of sp³-hybridized carbons (Fsp3) is 0.485. The van der Waals surface area contributed by atoms with Crippen LogP contribution in [0.5, 0.6) is 5.75 Å². The maximum Gasteiger partial charge on any atom is 0.157 e. The minimum Gasteiger partial charge on any atom is -0.480 e. The van der Waals surface area contributed by atoms with Crippen LogP contribution in [-0.2, 0) is 10.3 Å². The van der Waals surface area contributed by atoms with Crippen LogP contribution in [0.3, 0.4) is 0 Å². The summed E-state index contributed by atoms with van der Waals surface area (Å²) in [5.74, 6) is -0.967. The summed E-state index contributed by atoms with van der Waals surface area (Å²) in [5.41, 5.74) is -0.213. The Hall–Kier alpha value is -2.80. The Morgan fingerprint density at radius 2 is 1.95 bits per heavy atom. The van der Waals surface area contributed by atoms with Crippen LogP contribution in [0, 0.1) is 17.1 Å². The summed E-state index contributed by atoms with van der Waals surface area (Å²) in [6.45, 7) is 5.60. The number of nitriles is 1. The van der Waals surface area contributed by atoms with Crippen molar-refractivity contribution < 1.29 is 28.5 Å². The second-order valence-corrected chi connectivity index (χ2v) is 12.4. The van der Waals surface area contributed by atoms with Gasteiger partial charge in [0, 0.05) is 41.3 Å². The van der Waals surface area contributed by atoms with Gasteiger partial charge in [-0.2, -0.15) is 5.26 Å². The number of benzene rings is 2. The fourth-order valence-corrected chi connectivity index (χ4v) is 6.68. The number of hydrogen-bond acceptors (Lipinski definition) is 6. The molecule has 2 aromatic rings. The number of ether oxygens (including phenoxy) is 2. The second kappa shape index (κ2) is 12.1. The lowest BCUT2D eigenvalue weighted by molar-refractivity contribution is -0.00406. The van der Waals surface area contributed by atoms with Gasteiger partial charge in [0.05, 0.1) is 35.0 Å². The zero-order valence-electron chi connectivity index (χ0n) is 24.0. The number of rotatable bonds is 8. The Bertz CT molecular complexity index is 1410. The van der Waals surface area contributed by atoms with Crippen LogP contribution in [0.25, 0.3) is 5.57 Å². The number of hydrogen-bond donors (Lipinski definition) is 3. The number of allylic oxidation sites excluding steroid dienone is 2. The number of halogens is 3. The Morgan fingerprint density at radius 1 is 1.26 bits per heavy atom. The molecule has 0 saturated heterocycles. The molecule has 1 unspecified atom stereocenters. The molecule has 42 heavy (non-hydrogen) atoms. The first-order valence-corrected chi connectivity index (χ1v) is 14.8. The van der Waals surface area contributed by atoms with E-state index >= 15 is 8.78 Å². The SMILES string of the molecule is C[C@H](O)CO[C@H]1C=CC(C#N)=C(c2c(Cl)c(F)cc3c2[C@H](C)[C@@](CNC2CCC(C)(O)CC2)(c2ccccc2)O3)C1F. The lowest BCUT2D eigenvalue weighted by Gasteiger charge is -2.38. The van der Waals surface area contributed by atoms with Crippen molar-refractivity contribution in [2.75, 3.05) is 13.2 Å². The highest BCUT2D eigenvalue weighted by molar-refractivity contribution is 6.33. The molecule has 3 aliphatic rings. The van der Waals surface area contributed by atoms with Gasteiger partial charge in [0.1, 0.15) is 17.7 Å². The van der Waals surface area contributed by atoms with Crippen LogP contribution >= 0.6 is 11.6 Å². The van der Waals surface area contributed by atoms with Crippen molar-refractivity contribution >= 4 is 17.2 Å². The quantitative estimate of drug-likeness (QED) is 0.340. The number of alkyl halides is 1. The third-order valence-corrected chi connectivity index (χ3v) is 9.22. The van der Waals surface area contributed by atoms with Gasteiger partial charge in [-0.1, -0.05) is 54.9 Å². The van der Waals surface area contributed by atoms with E-state index in [0.717, 1.165) is 18.4 Å². The van der Waals surface area contributed by atoms with Crippen LogP contribution < -0.4 is 10.1 Å². The average molecular weight is 599 g/mol. The molecule has 1 aliphatic heterocycles. The van der Waals surface area contributed by atoms with Gasteiger partial charge in [0.15, 0.2) is 11.8 Å². The van der Waals surface area contributed by atoms with Crippen molar-refractivity contribution in [1.82, 2.24) is 5.32 Å². The van der Waals surface area contributed by atoms with Crippen LogP contribution in [0.2, 0.25) is 5.02 Å². The zero-order chi connectivity index (χ0) is 30.2. The molecule has 6 nitrogen and oxygen atoms in total. The van der Waals surface area contributed by atoms with Crippen LogP contribution in [0.4, 0.5) is 8.78 Å². The highest BCUT2D eigenvalue weighted by Gasteiger charge is 2.51. The van der Waals surface area contributed by atoms with Gasteiger partial charge in [-0.15, -0.1) is 0 Å². The van der Waals surface area contributed by atoms with Crippen molar-refractivity contribution in [3.8, 4) is 11.8 Å². The van der Waals surface area contributed by atoms with Crippen molar-refractivity contribution in [2.45, 2.75) is 88.0 Å². The summed E-state index contributed by atoms with van der Waals surface area (Å²) >= 11 is 6.62. The topological polar surface area (TPSA) is 94.7 Å². The predicted octanol–water partition coefficient (Wildman–Crippen LogP) is 6.10. The third kappa shape index (κ3) is 5.73. The van der Waals surface area contributed by atoms with Gasteiger partial charge in [-0.3, -0.25) is 0 Å². The first-order valence-electron chi connectivity index (χ1n) is 14.5. The minimum absolute atomic E-state index is 0.0193. The molecule has 1 heterocycles. The van der Waals surface area contributed by atoms with E-state index in [4.69, 9.17) is 21.1 Å². The molecule has 1 fully saturated rings. The molecule has 224 valence electrons. The average Bonchev–Trinajstić information content (AvgIpc) is 3.24. The van der Waals surface area contributed by atoms with Crippen molar-refractivity contribution in [3.05, 3.63) is 81.7 Å². The van der Waals surface area contributed by atoms with E-state index in [-0.39, 0.29) is 40.1 Å². The highest BCUT2D eigenvalue weighted by atomic mass is 35.5. The molecular weight excluding hydrogens is 562 g/mol. The molecule has 3 N–H and O–H groups in total. The van der Waals surface area contributed by atoms with Crippen LogP contribution in [0.15, 0.2) is 54.1 Å². The van der Waals surface area contributed by atoms with Crippen LogP contribution in [-0.4, -0.2) is 53.4 Å². The van der Waals surface area contributed by atoms with Gasteiger partial charge < -0.3 is 25.0 Å². The first kappa shape index (κ1) is 30.7. The van der Waals surface area contributed by atoms with E-state index in [0.29, 0.717) is 24.9 Å². The summed E-state index contributed by atoms with van der Waals surface area (Å²) in [7, 11) is 0. The van der Waals surface area contributed by atoms with Gasteiger partial charge >= 0.3 is 0 Å². The smallest absolute Gasteiger partial charge is 0.157 e. The van der Waals surface area contributed by atoms with E-state index in [1.54, 1.807) is 0 Å². The summed E-state index contributed by atoms with van der Waals surface area (Å²) in [4.78, 5) is 0. The van der Waals surface area contributed by atoms with Crippen molar-refractivity contribution in [3.63, 3.8) is 0 Å². The van der Waals surface area contributed by atoms with Gasteiger partial charge in [0.2, 0.25) is 0 Å². The summed E-state index contributed by atoms with van der Waals surface area (Å²) in [6.07, 6.45) is 2.10. The summed E-state index contributed by atoms with van der Waals surface area (Å²) in [5, 5.41) is 33.4. The first-order chi connectivity index (χ1) is 20.0. The second-order valence-electron chi connectivity index (χ2n) is 12.0. The van der Waals surface area contributed by atoms with E-state index in [1.165, 1.54) is 25.1 Å². The number of nitrogens with zero attached hydrogens (tertiary/aromatic N) is 1. The predicted molar refractivity (Wildman–Crippen MR) is 157 cm³/mol. The Balaban J connectivity index is 1.58. The molecule has 9 heteroatoms. The maximum atomic E-state index is 16.2. The van der Waals surface area contributed by atoms with E-state index in [9.17, 15) is 15.5 Å². The number of fused-ring (bicyclic) bond motifs is 1. The molecule has 1 saturated carbocycles.